The monoisotopic (exact) mass is 549 g/mol. The number of hydrogen-bond acceptors (Lipinski definition) is 5. The van der Waals surface area contributed by atoms with Gasteiger partial charge in [0.25, 0.3) is 5.56 Å². The Morgan fingerprint density at radius 2 is 1.91 bits per heavy atom. The molecule has 1 aliphatic heterocycles. The molecule has 2 heterocycles. The number of β-amino-alcohol motifs (C(OH)–C–C–N with tert-alkyl or cyclic N) is 1. The lowest BCUT2D eigenvalue weighted by atomic mass is 10.0. The van der Waals surface area contributed by atoms with Crippen molar-refractivity contribution in [3.05, 3.63) is 67.9 Å². The van der Waals surface area contributed by atoms with Crippen molar-refractivity contribution in [3.8, 4) is 22.7 Å². The van der Waals surface area contributed by atoms with Crippen LogP contribution in [0.4, 0.5) is 18.9 Å². The molecule has 1 atom stereocenters. The first-order valence-corrected chi connectivity index (χ1v) is 12.1. The Bertz CT molecular complexity index is 1360. The van der Waals surface area contributed by atoms with Gasteiger partial charge in [0.15, 0.2) is 0 Å². The predicted octanol–water partition coefficient (Wildman–Crippen LogP) is 4.75. The second kappa shape index (κ2) is 8.98. The quantitative estimate of drug-likeness (QED) is 0.508. The van der Waals surface area contributed by atoms with Gasteiger partial charge in [-0.3, -0.25) is 4.79 Å². The van der Waals surface area contributed by atoms with E-state index in [1.54, 1.807) is 25.3 Å². The first kappa shape index (κ1) is 23.9. The summed E-state index contributed by atoms with van der Waals surface area (Å²) in [4.78, 5) is 15.2. The van der Waals surface area contributed by atoms with Crippen LogP contribution in [-0.4, -0.2) is 41.2 Å². The molecule has 0 spiro atoms. The number of aliphatic hydroxyl groups is 1. The van der Waals surface area contributed by atoms with Crippen LogP contribution in [0.25, 0.3) is 16.9 Å². The number of benzene rings is 2. The zero-order valence-corrected chi connectivity index (χ0v) is 20.5. The summed E-state index contributed by atoms with van der Waals surface area (Å²) in [6.45, 7) is 0.839. The maximum Gasteiger partial charge on any atom is 0.418 e. The van der Waals surface area contributed by atoms with Crippen molar-refractivity contribution >= 4 is 21.6 Å². The molecule has 1 N–H and O–H groups in total. The Labute approximate surface area is 208 Å². The topological polar surface area (TPSA) is 67.6 Å². The molecule has 5 rings (SSSR count). The number of fused-ring (bicyclic) bond motifs is 1. The number of aliphatic hydroxyl groups excluding tert-OH is 1. The minimum atomic E-state index is -4.68. The molecule has 0 saturated carbocycles. The van der Waals surface area contributed by atoms with Crippen molar-refractivity contribution < 1.29 is 23.0 Å². The summed E-state index contributed by atoms with van der Waals surface area (Å²) in [7, 11) is 1.54. The highest BCUT2D eigenvalue weighted by Crippen LogP contribution is 2.38. The number of alkyl halides is 3. The van der Waals surface area contributed by atoms with Gasteiger partial charge in [-0.15, -0.1) is 0 Å². The number of nitrogens with zero attached hydrogens (tertiary/aromatic N) is 3. The molecule has 1 saturated heterocycles. The van der Waals surface area contributed by atoms with Crippen LogP contribution in [0.5, 0.6) is 5.75 Å². The third-order valence-electron chi connectivity index (χ3n) is 6.62. The average molecular weight is 550 g/mol. The Balaban J connectivity index is 1.73. The Morgan fingerprint density at radius 1 is 1.14 bits per heavy atom. The normalized spacial score (nSPS) is 17.7. The second-order valence-corrected chi connectivity index (χ2v) is 9.67. The third-order valence-corrected chi connectivity index (χ3v) is 7.24. The highest BCUT2D eigenvalue weighted by Gasteiger charge is 2.36. The van der Waals surface area contributed by atoms with Gasteiger partial charge in [0.1, 0.15) is 5.75 Å². The highest BCUT2D eigenvalue weighted by molar-refractivity contribution is 9.10. The lowest BCUT2D eigenvalue weighted by Crippen LogP contribution is -2.29. The molecule has 0 radical (unpaired) electrons. The summed E-state index contributed by atoms with van der Waals surface area (Å²) >= 11 is 3.46. The molecule has 35 heavy (non-hydrogen) atoms. The minimum absolute atomic E-state index is 0.315. The standard InChI is InChI=1S/C25H23BrF3N3O3/c1-35-22-8-5-14(11-20(22)26)23-17-3-2-4-18(17)24(34)32(30-23)21-12-15(31-10-9-16(33)13-31)6-7-19(21)25(27,28)29/h5-8,11-12,16,33H,2-4,9-10,13H2,1H3. The summed E-state index contributed by atoms with van der Waals surface area (Å²) in [5.41, 5.74) is 1.16. The first-order valence-electron chi connectivity index (χ1n) is 11.3. The number of rotatable bonds is 4. The van der Waals surface area contributed by atoms with Crippen LogP contribution in [0.2, 0.25) is 0 Å². The summed E-state index contributed by atoms with van der Waals surface area (Å²) in [5.74, 6) is 0.610. The Hall–Kier alpha value is -2.85. The third kappa shape index (κ3) is 4.33. The summed E-state index contributed by atoms with van der Waals surface area (Å²) in [5, 5.41) is 14.4. The van der Waals surface area contributed by atoms with Gasteiger partial charge in [-0.25, -0.2) is 0 Å². The Morgan fingerprint density at radius 3 is 2.57 bits per heavy atom. The van der Waals surface area contributed by atoms with Crippen LogP contribution in [0.15, 0.2) is 45.7 Å². The van der Waals surface area contributed by atoms with Crippen molar-refractivity contribution in [2.75, 3.05) is 25.1 Å². The number of hydrogen-bond donors (Lipinski definition) is 1. The van der Waals surface area contributed by atoms with Gasteiger partial charge in [0.2, 0.25) is 0 Å². The molecule has 1 unspecified atom stereocenters. The number of halogens is 4. The van der Waals surface area contributed by atoms with E-state index in [0.29, 0.717) is 65.1 Å². The van der Waals surface area contributed by atoms with E-state index in [9.17, 15) is 23.1 Å². The molecular formula is C25H23BrF3N3O3. The van der Waals surface area contributed by atoms with Gasteiger partial charge in [-0.2, -0.15) is 23.0 Å². The molecule has 1 fully saturated rings. The Kier molecular flexibility index (Phi) is 6.13. The average Bonchev–Trinajstić information content (AvgIpc) is 3.48. The van der Waals surface area contributed by atoms with Crippen LogP contribution < -0.4 is 15.2 Å². The zero-order valence-electron chi connectivity index (χ0n) is 18.9. The molecule has 1 aromatic heterocycles. The predicted molar refractivity (Wildman–Crippen MR) is 129 cm³/mol. The van der Waals surface area contributed by atoms with Crippen LogP contribution in [-0.2, 0) is 19.0 Å². The van der Waals surface area contributed by atoms with Gasteiger partial charge >= 0.3 is 6.18 Å². The van der Waals surface area contributed by atoms with Gasteiger partial charge in [0.05, 0.1) is 34.6 Å². The molecule has 0 bridgehead atoms. The van der Waals surface area contributed by atoms with E-state index in [0.717, 1.165) is 22.7 Å². The molecule has 1 aliphatic carbocycles. The summed E-state index contributed by atoms with van der Waals surface area (Å²) < 4.78 is 49.0. The van der Waals surface area contributed by atoms with E-state index in [4.69, 9.17) is 4.74 Å². The van der Waals surface area contributed by atoms with E-state index in [1.165, 1.54) is 12.1 Å². The summed E-state index contributed by atoms with van der Waals surface area (Å²) in [6.07, 6.45) is -2.83. The fourth-order valence-electron chi connectivity index (χ4n) is 4.89. The molecule has 3 aromatic rings. The number of aromatic nitrogens is 2. The lowest BCUT2D eigenvalue weighted by molar-refractivity contribution is -0.137. The molecule has 6 nitrogen and oxygen atoms in total. The van der Waals surface area contributed by atoms with E-state index >= 15 is 0 Å². The minimum Gasteiger partial charge on any atom is -0.496 e. The van der Waals surface area contributed by atoms with E-state index in [-0.39, 0.29) is 5.69 Å². The van der Waals surface area contributed by atoms with Gasteiger partial charge in [0, 0.05) is 29.9 Å². The van der Waals surface area contributed by atoms with E-state index < -0.39 is 23.4 Å². The van der Waals surface area contributed by atoms with Crippen LogP contribution in [0, 0.1) is 0 Å². The lowest BCUT2D eigenvalue weighted by Gasteiger charge is -2.22. The fourth-order valence-corrected chi connectivity index (χ4v) is 5.43. The molecular weight excluding hydrogens is 527 g/mol. The maximum absolute atomic E-state index is 14.1. The zero-order chi connectivity index (χ0) is 24.9. The summed E-state index contributed by atoms with van der Waals surface area (Å²) in [6, 6.07) is 9.04. The number of methoxy groups -OCH3 is 1. The molecule has 184 valence electrons. The van der Waals surface area contributed by atoms with E-state index in [2.05, 4.69) is 21.0 Å². The smallest absolute Gasteiger partial charge is 0.418 e. The molecule has 10 heteroatoms. The van der Waals surface area contributed by atoms with Crippen molar-refractivity contribution in [3.63, 3.8) is 0 Å². The highest BCUT2D eigenvalue weighted by atomic mass is 79.9. The SMILES string of the molecule is COc1ccc(-c2nn(-c3cc(N4CCC(O)C4)ccc3C(F)(F)F)c(=O)c3c2CCC3)cc1Br. The van der Waals surface area contributed by atoms with Crippen LogP contribution >= 0.6 is 15.9 Å². The maximum atomic E-state index is 14.1. The fraction of sp³-hybridized carbons (Fsp3) is 0.360. The molecule has 0 amide bonds. The first-order chi connectivity index (χ1) is 16.7. The largest absolute Gasteiger partial charge is 0.496 e. The van der Waals surface area contributed by atoms with Gasteiger partial charge in [-0.1, -0.05) is 0 Å². The van der Waals surface area contributed by atoms with E-state index in [1.807, 2.05) is 4.90 Å². The molecule has 2 aliphatic rings. The number of ether oxygens (including phenoxy) is 1. The van der Waals surface area contributed by atoms with Crippen molar-refractivity contribution in [2.24, 2.45) is 0 Å². The van der Waals surface area contributed by atoms with Crippen molar-refractivity contribution in [1.82, 2.24) is 9.78 Å². The van der Waals surface area contributed by atoms with Gasteiger partial charge < -0.3 is 14.7 Å². The van der Waals surface area contributed by atoms with Gasteiger partial charge in [-0.05, 0) is 83.6 Å². The van der Waals surface area contributed by atoms with Crippen molar-refractivity contribution in [1.29, 1.82) is 0 Å². The number of anilines is 1. The van der Waals surface area contributed by atoms with Crippen molar-refractivity contribution in [2.45, 2.75) is 38.0 Å². The van der Waals surface area contributed by atoms with Crippen LogP contribution in [0.1, 0.15) is 29.5 Å². The molecule has 2 aromatic carbocycles. The second-order valence-electron chi connectivity index (χ2n) is 8.81. The van der Waals surface area contributed by atoms with Crippen LogP contribution in [0.3, 0.4) is 0 Å².